The molecule has 0 aliphatic heterocycles. The first-order chi connectivity index (χ1) is 9.88. The lowest BCUT2D eigenvalue weighted by atomic mass is 10.1. The molecule has 7 heteroatoms. The summed E-state index contributed by atoms with van der Waals surface area (Å²) in [5, 5.41) is 11.6. The number of pyridine rings is 1. The summed E-state index contributed by atoms with van der Waals surface area (Å²) in [6, 6.07) is 6.52. The van der Waals surface area contributed by atoms with E-state index >= 15 is 0 Å². The third kappa shape index (κ3) is 3.71. The standard InChI is InChI=1S/C14H11F3N2O2/c15-14(16,17)12-6-10(3-4-11(12)13(20)21)19-8-9-2-1-5-18-7-9/h1-7,19H,8H2,(H,20,21). The Bertz CT molecular complexity index is 642. The van der Waals surface area contributed by atoms with E-state index in [1.807, 2.05) is 0 Å². The molecule has 21 heavy (non-hydrogen) atoms. The van der Waals surface area contributed by atoms with Gasteiger partial charge in [-0.15, -0.1) is 0 Å². The van der Waals surface area contributed by atoms with E-state index in [1.165, 1.54) is 6.07 Å². The smallest absolute Gasteiger partial charge is 0.417 e. The molecule has 0 bridgehead atoms. The van der Waals surface area contributed by atoms with Gasteiger partial charge in [-0.1, -0.05) is 6.07 Å². The molecule has 0 spiro atoms. The summed E-state index contributed by atoms with van der Waals surface area (Å²) in [6.07, 6.45) is -1.55. The maximum Gasteiger partial charge on any atom is 0.417 e. The molecule has 1 aromatic heterocycles. The number of anilines is 1. The molecule has 2 aromatic rings. The number of aromatic carboxylic acids is 1. The Hall–Kier alpha value is -2.57. The van der Waals surface area contributed by atoms with Crippen LogP contribution >= 0.6 is 0 Å². The van der Waals surface area contributed by atoms with Crippen molar-refractivity contribution in [1.82, 2.24) is 4.98 Å². The zero-order valence-corrected chi connectivity index (χ0v) is 10.7. The number of rotatable bonds is 4. The second-order valence-corrected chi connectivity index (χ2v) is 4.28. The third-order valence-corrected chi connectivity index (χ3v) is 2.77. The highest BCUT2D eigenvalue weighted by Gasteiger charge is 2.35. The fraction of sp³-hybridized carbons (Fsp3) is 0.143. The average Bonchev–Trinajstić information content (AvgIpc) is 2.45. The van der Waals surface area contributed by atoms with Crippen molar-refractivity contribution in [1.29, 1.82) is 0 Å². The third-order valence-electron chi connectivity index (χ3n) is 2.77. The molecule has 0 saturated heterocycles. The number of hydrogen-bond donors (Lipinski definition) is 2. The number of carboxylic acid groups (broad SMARTS) is 1. The van der Waals surface area contributed by atoms with Crippen molar-refractivity contribution in [3.8, 4) is 0 Å². The van der Waals surface area contributed by atoms with E-state index in [4.69, 9.17) is 5.11 Å². The van der Waals surface area contributed by atoms with Gasteiger partial charge in [0.15, 0.2) is 0 Å². The van der Waals surface area contributed by atoms with Crippen LogP contribution in [0.2, 0.25) is 0 Å². The Kier molecular flexibility index (Phi) is 4.11. The van der Waals surface area contributed by atoms with Crippen LogP contribution < -0.4 is 5.32 Å². The van der Waals surface area contributed by atoms with Gasteiger partial charge >= 0.3 is 12.1 Å². The predicted molar refractivity (Wildman–Crippen MR) is 70.0 cm³/mol. The van der Waals surface area contributed by atoms with Gasteiger partial charge in [-0.2, -0.15) is 13.2 Å². The van der Waals surface area contributed by atoms with Crippen LogP contribution in [0.5, 0.6) is 0 Å². The molecule has 4 nitrogen and oxygen atoms in total. The van der Waals surface area contributed by atoms with E-state index < -0.39 is 23.3 Å². The second-order valence-electron chi connectivity index (χ2n) is 4.28. The molecular formula is C14H11F3N2O2. The van der Waals surface area contributed by atoms with Crippen molar-refractivity contribution in [2.45, 2.75) is 12.7 Å². The van der Waals surface area contributed by atoms with E-state index in [1.54, 1.807) is 24.5 Å². The van der Waals surface area contributed by atoms with Crippen LogP contribution in [0, 0.1) is 0 Å². The Labute approximate surface area is 118 Å². The highest BCUT2D eigenvalue weighted by molar-refractivity contribution is 5.90. The predicted octanol–water partition coefficient (Wildman–Crippen LogP) is 3.41. The zero-order valence-electron chi connectivity index (χ0n) is 10.7. The molecular weight excluding hydrogens is 285 g/mol. The number of benzene rings is 1. The number of alkyl halides is 3. The highest BCUT2D eigenvalue weighted by Crippen LogP contribution is 2.34. The molecule has 0 saturated carbocycles. The zero-order chi connectivity index (χ0) is 15.5. The van der Waals surface area contributed by atoms with E-state index in [9.17, 15) is 18.0 Å². The van der Waals surface area contributed by atoms with Gasteiger partial charge in [-0.05, 0) is 29.8 Å². The first kappa shape index (κ1) is 14.8. The number of nitrogens with one attached hydrogen (secondary N) is 1. The first-order valence-corrected chi connectivity index (χ1v) is 5.95. The van der Waals surface area contributed by atoms with Crippen LogP contribution in [0.15, 0.2) is 42.7 Å². The summed E-state index contributed by atoms with van der Waals surface area (Å²) in [7, 11) is 0. The van der Waals surface area contributed by atoms with Crippen molar-refractivity contribution in [3.63, 3.8) is 0 Å². The molecule has 1 aromatic carbocycles. The van der Waals surface area contributed by atoms with Crippen molar-refractivity contribution in [2.75, 3.05) is 5.32 Å². The Morgan fingerprint density at radius 1 is 1.29 bits per heavy atom. The second kappa shape index (κ2) is 5.82. The minimum absolute atomic E-state index is 0.191. The van der Waals surface area contributed by atoms with Gasteiger partial charge in [-0.3, -0.25) is 4.98 Å². The molecule has 0 aliphatic rings. The van der Waals surface area contributed by atoms with Crippen LogP contribution in [0.25, 0.3) is 0 Å². The highest BCUT2D eigenvalue weighted by atomic mass is 19.4. The minimum Gasteiger partial charge on any atom is -0.478 e. The topological polar surface area (TPSA) is 62.2 Å². The molecule has 2 N–H and O–H groups in total. The Morgan fingerprint density at radius 2 is 2.05 bits per heavy atom. The van der Waals surface area contributed by atoms with Gasteiger partial charge in [0.2, 0.25) is 0 Å². The van der Waals surface area contributed by atoms with Gasteiger partial charge in [0.05, 0.1) is 11.1 Å². The minimum atomic E-state index is -4.72. The fourth-order valence-electron chi connectivity index (χ4n) is 1.78. The number of halogens is 3. The van der Waals surface area contributed by atoms with Gasteiger partial charge < -0.3 is 10.4 Å². The lowest BCUT2D eigenvalue weighted by molar-refractivity contribution is -0.138. The maximum atomic E-state index is 12.9. The van der Waals surface area contributed by atoms with Crippen LogP contribution in [0.1, 0.15) is 21.5 Å². The van der Waals surface area contributed by atoms with Crippen LogP contribution in [-0.4, -0.2) is 16.1 Å². The van der Waals surface area contributed by atoms with Crippen molar-refractivity contribution < 1.29 is 23.1 Å². The quantitative estimate of drug-likeness (QED) is 0.907. The number of aromatic nitrogens is 1. The van der Waals surface area contributed by atoms with Crippen LogP contribution in [-0.2, 0) is 12.7 Å². The Morgan fingerprint density at radius 3 is 2.62 bits per heavy atom. The SMILES string of the molecule is O=C(O)c1ccc(NCc2cccnc2)cc1C(F)(F)F. The van der Waals surface area contributed by atoms with Gasteiger partial charge in [0.1, 0.15) is 0 Å². The Balaban J connectivity index is 2.24. The fourth-order valence-corrected chi connectivity index (χ4v) is 1.78. The molecule has 0 unspecified atom stereocenters. The van der Waals surface area contributed by atoms with Gasteiger partial charge in [0.25, 0.3) is 0 Å². The molecule has 0 fully saturated rings. The molecule has 110 valence electrons. The molecule has 0 aliphatic carbocycles. The summed E-state index contributed by atoms with van der Waals surface area (Å²) in [5.41, 5.74) is -0.954. The largest absolute Gasteiger partial charge is 0.478 e. The summed E-state index contributed by atoms with van der Waals surface area (Å²) >= 11 is 0. The summed E-state index contributed by atoms with van der Waals surface area (Å²) in [6.45, 7) is 0.289. The molecule has 0 radical (unpaired) electrons. The van der Waals surface area contributed by atoms with Gasteiger partial charge in [-0.25, -0.2) is 4.79 Å². The monoisotopic (exact) mass is 296 g/mol. The van der Waals surface area contributed by atoms with Crippen molar-refractivity contribution in [2.24, 2.45) is 0 Å². The van der Waals surface area contributed by atoms with E-state index in [0.717, 1.165) is 17.7 Å². The molecule has 2 rings (SSSR count). The molecule has 0 atom stereocenters. The molecule has 0 amide bonds. The van der Waals surface area contributed by atoms with E-state index in [2.05, 4.69) is 10.3 Å². The number of hydrogen-bond acceptors (Lipinski definition) is 3. The maximum absolute atomic E-state index is 12.9. The molecule has 1 heterocycles. The summed E-state index contributed by atoms with van der Waals surface area (Å²) < 4.78 is 38.6. The summed E-state index contributed by atoms with van der Waals surface area (Å²) in [4.78, 5) is 14.7. The van der Waals surface area contributed by atoms with E-state index in [-0.39, 0.29) is 12.2 Å². The van der Waals surface area contributed by atoms with Crippen molar-refractivity contribution >= 4 is 11.7 Å². The normalized spacial score (nSPS) is 11.2. The number of carbonyl (C=O) groups is 1. The number of nitrogens with zero attached hydrogens (tertiary/aromatic N) is 1. The first-order valence-electron chi connectivity index (χ1n) is 5.95. The summed E-state index contributed by atoms with van der Waals surface area (Å²) in [5.74, 6) is -1.61. The average molecular weight is 296 g/mol. The van der Waals surface area contributed by atoms with E-state index in [0.29, 0.717) is 0 Å². The van der Waals surface area contributed by atoms with Crippen molar-refractivity contribution in [3.05, 3.63) is 59.4 Å². The number of carboxylic acids is 1. The van der Waals surface area contributed by atoms with Crippen LogP contribution in [0.3, 0.4) is 0 Å². The lowest BCUT2D eigenvalue weighted by Gasteiger charge is -2.13. The van der Waals surface area contributed by atoms with Crippen LogP contribution in [0.4, 0.5) is 18.9 Å². The van der Waals surface area contributed by atoms with Gasteiger partial charge in [0, 0.05) is 24.6 Å². The lowest BCUT2D eigenvalue weighted by Crippen LogP contribution is -2.13.